The van der Waals surface area contributed by atoms with Crippen LogP contribution in [-0.4, -0.2) is 9.78 Å². The van der Waals surface area contributed by atoms with Crippen LogP contribution in [0.15, 0.2) is 36.7 Å². The molecule has 0 amide bonds. The Hall–Kier alpha value is -1.61. The van der Waals surface area contributed by atoms with Crippen LogP contribution in [0.25, 0.3) is 0 Å². The van der Waals surface area contributed by atoms with Crippen LogP contribution in [0.3, 0.4) is 0 Å². The fourth-order valence-electron chi connectivity index (χ4n) is 1.86. The number of hydrogen-bond donors (Lipinski definition) is 1. The first-order chi connectivity index (χ1) is 8.20. The minimum atomic E-state index is -0.0822. The van der Waals surface area contributed by atoms with E-state index >= 15 is 0 Å². The van der Waals surface area contributed by atoms with Gasteiger partial charge in [0.15, 0.2) is 0 Å². The van der Waals surface area contributed by atoms with Gasteiger partial charge in [0.25, 0.3) is 0 Å². The quantitative estimate of drug-likeness (QED) is 0.876. The standard InChI is InChI=1S/C14H19N3/c1-3-8-17-10-13(9-16-17)14(15)12-6-4-11(2)5-7-12/h4-7,9-10,14H,3,8,15H2,1-2H3. The number of hydrogen-bond acceptors (Lipinski definition) is 2. The van der Waals surface area contributed by atoms with Gasteiger partial charge in [-0.3, -0.25) is 4.68 Å². The van der Waals surface area contributed by atoms with E-state index in [-0.39, 0.29) is 6.04 Å². The molecule has 1 aromatic carbocycles. The minimum Gasteiger partial charge on any atom is -0.320 e. The van der Waals surface area contributed by atoms with Crippen molar-refractivity contribution in [3.63, 3.8) is 0 Å². The van der Waals surface area contributed by atoms with E-state index in [0.29, 0.717) is 0 Å². The summed E-state index contributed by atoms with van der Waals surface area (Å²) in [5, 5.41) is 4.31. The molecular weight excluding hydrogens is 210 g/mol. The van der Waals surface area contributed by atoms with Crippen LogP contribution in [0.4, 0.5) is 0 Å². The van der Waals surface area contributed by atoms with E-state index in [4.69, 9.17) is 5.73 Å². The van der Waals surface area contributed by atoms with Crippen molar-refractivity contribution in [1.29, 1.82) is 0 Å². The highest BCUT2D eigenvalue weighted by molar-refractivity contribution is 5.30. The molecular formula is C14H19N3. The Morgan fingerprint density at radius 2 is 1.94 bits per heavy atom. The highest BCUT2D eigenvalue weighted by Gasteiger charge is 2.10. The number of aromatic nitrogens is 2. The average Bonchev–Trinajstić information content (AvgIpc) is 2.78. The Morgan fingerprint density at radius 1 is 1.24 bits per heavy atom. The van der Waals surface area contributed by atoms with Crippen molar-refractivity contribution in [3.05, 3.63) is 53.3 Å². The third-order valence-electron chi connectivity index (χ3n) is 2.90. The first kappa shape index (κ1) is 11.9. The largest absolute Gasteiger partial charge is 0.320 e. The molecule has 2 rings (SSSR count). The predicted octanol–water partition coefficient (Wildman–Crippen LogP) is 2.65. The normalized spacial score (nSPS) is 12.6. The molecule has 1 unspecified atom stereocenters. The topological polar surface area (TPSA) is 43.8 Å². The second-order valence-electron chi connectivity index (χ2n) is 4.43. The monoisotopic (exact) mass is 229 g/mol. The maximum atomic E-state index is 6.22. The van der Waals surface area contributed by atoms with Gasteiger partial charge in [0, 0.05) is 18.3 Å². The fourth-order valence-corrected chi connectivity index (χ4v) is 1.86. The molecule has 90 valence electrons. The number of aryl methyl sites for hydroxylation is 2. The second-order valence-corrected chi connectivity index (χ2v) is 4.43. The molecule has 1 heterocycles. The van der Waals surface area contributed by atoms with Crippen LogP contribution in [0.2, 0.25) is 0 Å². The Bertz CT molecular complexity index is 470. The summed E-state index contributed by atoms with van der Waals surface area (Å²) in [6, 6.07) is 8.26. The summed E-state index contributed by atoms with van der Waals surface area (Å²) >= 11 is 0. The third-order valence-corrected chi connectivity index (χ3v) is 2.90. The van der Waals surface area contributed by atoms with Crippen LogP contribution in [0, 0.1) is 6.92 Å². The molecule has 0 bridgehead atoms. The summed E-state index contributed by atoms with van der Waals surface area (Å²) in [4.78, 5) is 0. The van der Waals surface area contributed by atoms with Gasteiger partial charge in [-0.25, -0.2) is 0 Å². The number of nitrogens with zero attached hydrogens (tertiary/aromatic N) is 2. The summed E-state index contributed by atoms with van der Waals surface area (Å²) < 4.78 is 1.95. The van der Waals surface area contributed by atoms with E-state index in [1.165, 1.54) is 5.56 Å². The zero-order valence-corrected chi connectivity index (χ0v) is 10.4. The van der Waals surface area contributed by atoms with Crippen LogP contribution < -0.4 is 5.73 Å². The van der Waals surface area contributed by atoms with Gasteiger partial charge in [-0.05, 0) is 18.9 Å². The number of benzene rings is 1. The SMILES string of the molecule is CCCn1cc(C(N)c2ccc(C)cc2)cn1. The van der Waals surface area contributed by atoms with Crippen molar-refractivity contribution in [2.75, 3.05) is 0 Å². The zero-order valence-electron chi connectivity index (χ0n) is 10.4. The van der Waals surface area contributed by atoms with E-state index < -0.39 is 0 Å². The Labute approximate surface area is 102 Å². The molecule has 17 heavy (non-hydrogen) atoms. The van der Waals surface area contributed by atoms with E-state index in [1.807, 2.05) is 17.1 Å². The molecule has 0 aliphatic carbocycles. The molecule has 2 N–H and O–H groups in total. The molecule has 2 aromatic rings. The Kier molecular flexibility index (Phi) is 3.59. The second kappa shape index (κ2) is 5.15. The van der Waals surface area contributed by atoms with Gasteiger partial charge in [-0.2, -0.15) is 5.10 Å². The maximum Gasteiger partial charge on any atom is 0.0582 e. The highest BCUT2D eigenvalue weighted by atomic mass is 15.3. The van der Waals surface area contributed by atoms with Crippen LogP contribution in [0.1, 0.15) is 36.1 Å². The molecule has 0 saturated carbocycles. The lowest BCUT2D eigenvalue weighted by Crippen LogP contribution is -2.11. The smallest absolute Gasteiger partial charge is 0.0582 e. The van der Waals surface area contributed by atoms with Crippen molar-refractivity contribution in [3.8, 4) is 0 Å². The first-order valence-electron chi connectivity index (χ1n) is 6.05. The number of rotatable bonds is 4. The molecule has 1 aromatic heterocycles. The van der Waals surface area contributed by atoms with E-state index in [9.17, 15) is 0 Å². The summed E-state index contributed by atoms with van der Waals surface area (Å²) in [7, 11) is 0. The third kappa shape index (κ3) is 2.74. The van der Waals surface area contributed by atoms with E-state index in [0.717, 1.165) is 24.1 Å². The molecule has 0 radical (unpaired) electrons. The summed E-state index contributed by atoms with van der Waals surface area (Å²) in [5.41, 5.74) is 9.68. The van der Waals surface area contributed by atoms with Gasteiger partial charge < -0.3 is 5.73 Å². The molecule has 3 heteroatoms. The van der Waals surface area contributed by atoms with Gasteiger partial charge in [-0.15, -0.1) is 0 Å². The van der Waals surface area contributed by atoms with Crippen LogP contribution in [-0.2, 0) is 6.54 Å². The average molecular weight is 229 g/mol. The molecule has 0 spiro atoms. The van der Waals surface area contributed by atoms with E-state index in [1.54, 1.807) is 0 Å². The lowest BCUT2D eigenvalue weighted by atomic mass is 10.0. The zero-order chi connectivity index (χ0) is 12.3. The fraction of sp³-hybridized carbons (Fsp3) is 0.357. The van der Waals surface area contributed by atoms with Gasteiger partial charge >= 0.3 is 0 Å². The highest BCUT2D eigenvalue weighted by Crippen LogP contribution is 2.19. The van der Waals surface area contributed by atoms with Gasteiger partial charge in [-0.1, -0.05) is 36.8 Å². The van der Waals surface area contributed by atoms with Crippen molar-refractivity contribution in [1.82, 2.24) is 9.78 Å². The minimum absolute atomic E-state index is 0.0822. The van der Waals surface area contributed by atoms with Crippen LogP contribution >= 0.6 is 0 Å². The molecule has 0 fully saturated rings. The maximum absolute atomic E-state index is 6.22. The lowest BCUT2D eigenvalue weighted by molar-refractivity contribution is 0.602. The van der Waals surface area contributed by atoms with Gasteiger partial charge in [0.1, 0.15) is 0 Å². The van der Waals surface area contributed by atoms with E-state index in [2.05, 4.69) is 43.2 Å². The Morgan fingerprint density at radius 3 is 2.59 bits per heavy atom. The predicted molar refractivity (Wildman–Crippen MR) is 69.7 cm³/mol. The Balaban J connectivity index is 2.18. The lowest BCUT2D eigenvalue weighted by Gasteiger charge is -2.09. The van der Waals surface area contributed by atoms with Crippen molar-refractivity contribution in [2.45, 2.75) is 32.9 Å². The van der Waals surface area contributed by atoms with Crippen LogP contribution in [0.5, 0.6) is 0 Å². The molecule has 0 aliphatic heterocycles. The number of nitrogens with two attached hydrogens (primary N) is 1. The summed E-state index contributed by atoms with van der Waals surface area (Å²) in [5.74, 6) is 0. The summed E-state index contributed by atoms with van der Waals surface area (Å²) in [6.07, 6.45) is 4.98. The van der Waals surface area contributed by atoms with Gasteiger partial charge in [0.2, 0.25) is 0 Å². The van der Waals surface area contributed by atoms with Crippen molar-refractivity contribution in [2.24, 2.45) is 5.73 Å². The summed E-state index contributed by atoms with van der Waals surface area (Å²) in [6.45, 7) is 5.16. The molecule has 1 atom stereocenters. The molecule has 3 nitrogen and oxygen atoms in total. The first-order valence-corrected chi connectivity index (χ1v) is 6.05. The van der Waals surface area contributed by atoms with Crippen molar-refractivity contribution < 1.29 is 0 Å². The van der Waals surface area contributed by atoms with Gasteiger partial charge in [0.05, 0.1) is 12.2 Å². The van der Waals surface area contributed by atoms with Crippen molar-refractivity contribution >= 4 is 0 Å². The molecule has 0 aliphatic rings. The molecule has 0 saturated heterocycles.